The van der Waals surface area contributed by atoms with Gasteiger partial charge in [0.25, 0.3) is 11.6 Å². The molecule has 3 rings (SSSR count). The number of aromatic nitrogens is 1. The average Bonchev–Trinajstić information content (AvgIpc) is 3.30. The first-order chi connectivity index (χ1) is 15.4. The second-order valence-corrected chi connectivity index (χ2v) is 7.34. The summed E-state index contributed by atoms with van der Waals surface area (Å²) in [4.78, 5) is 41.3. The molecule has 2 amide bonds. The highest BCUT2D eigenvalue weighted by Gasteiger charge is 2.27. The summed E-state index contributed by atoms with van der Waals surface area (Å²) in [7, 11) is 2.75. The number of likely N-dealkylation sites (N-methyl/N-ethyl adjacent to an activating group) is 1. The van der Waals surface area contributed by atoms with Gasteiger partial charge in [0.2, 0.25) is 5.91 Å². The topological polar surface area (TPSA) is 124 Å². The van der Waals surface area contributed by atoms with Gasteiger partial charge < -0.3 is 19.7 Å². The van der Waals surface area contributed by atoms with E-state index in [1.165, 1.54) is 31.6 Å². The number of nitro groups is 1. The Morgan fingerprint density at radius 2 is 1.97 bits per heavy atom. The van der Waals surface area contributed by atoms with E-state index in [9.17, 15) is 19.7 Å². The first-order valence-electron chi connectivity index (χ1n) is 9.35. The molecule has 0 aliphatic rings. The Labute approximate surface area is 187 Å². The predicted molar refractivity (Wildman–Crippen MR) is 118 cm³/mol. The van der Waals surface area contributed by atoms with Crippen LogP contribution in [0.2, 0.25) is 0 Å². The van der Waals surface area contributed by atoms with Crippen molar-refractivity contribution < 1.29 is 24.0 Å². The summed E-state index contributed by atoms with van der Waals surface area (Å²) in [6.07, 6.45) is 0. The first-order valence-corrected chi connectivity index (χ1v) is 10.3. The SMILES string of the molecule is COc1cc(C(=O)N(C)CC(=O)Nc2ccccc2)c([N+](=O)[O-])cc1OCc1cscn1. The molecule has 1 aromatic heterocycles. The zero-order chi connectivity index (χ0) is 23.1. The molecular formula is C21H20N4O6S. The molecule has 11 heteroatoms. The minimum absolute atomic E-state index is 0.0872. The number of ether oxygens (including phenoxy) is 2. The summed E-state index contributed by atoms with van der Waals surface area (Å²) >= 11 is 1.39. The number of carbonyl (C=O) groups is 2. The maximum atomic E-state index is 12.9. The lowest BCUT2D eigenvalue weighted by Gasteiger charge is -2.18. The van der Waals surface area contributed by atoms with Crippen molar-refractivity contribution in [3.8, 4) is 11.5 Å². The fourth-order valence-corrected chi connectivity index (χ4v) is 3.36. The average molecular weight is 456 g/mol. The number of nitro benzene ring substituents is 1. The Bertz CT molecular complexity index is 1100. The molecule has 0 saturated heterocycles. The number of methoxy groups -OCH3 is 1. The number of carbonyl (C=O) groups excluding carboxylic acids is 2. The van der Waals surface area contributed by atoms with E-state index >= 15 is 0 Å². The van der Waals surface area contributed by atoms with Crippen molar-refractivity contribution >= 4 is 34.5 Å². The maximum absolute atomic E-state index is 12.9. The molecule has 0 bridgehead atoms. The zero-order valence-electron chi connectivity index (χ0n) is 17.3. The van der Waals surface area contributed by atoms with E-state index < -0.39 is 22.4 Å². The van der Waals surface area contributed by atoms with Gasteiger partial charge in [0.1, 0.15) is 12.2 Å². The van der Waals surface area contributed by atoms with Crippen LogP contribution >= 0.6 is 11.3 Å². The van der Waals surface area contributed by atoms with Gasteiger partial charge in [-0.25, -0.2) is 4.98 Å². The number of rotatable bonds is 9. The van der Waals surface area contributed by atoms with E-state index in [0.29, 0.717) is 11.4 Å². The van der Waals surface area contributed by atoms with Gasteiger partial charge in [-0.15, -0.1) is 11.3 Å². The maximum Gasteiger partial charge on any atom is 0.286 e. The lowest BCUT2D eigenvalue weighted by molar-refractivity contribution is -0.385. The van der Waals surface area contributed by atoms with E-state index in [-0.39, 0.29) is 30.2 Å². The number of hydrogen-bond acceptors (Lipinski definition) is 8. The van der Waals surface area contributed by atoms with E-state index in [2.05, 4.69) is 10.3 Å². The van der Waals surface area contributed by atoms with Gasteiger partial charge in [0.05, 0.1) is 35.8 Å². The standard InChI is InChI=1S/C21H20N4O6S/c1-24(10-20(26)23-14-6-4-3-5-7-14)21(27)16-8-18(30-2)19(9-17(16)25(28)29)31-11-15-12-32-13-22-15/h3-9,12-13H,10-11H2,1-2H3,(H,23,26). The minimum atomic E-state index is -0.704. The van der Waals surface area contributed by atoms with E-state index in [0.717, 1.165) is 11.0 Å². The highest BCUT2D eigenvalue weighted by Crippen LogP contribution is 2.35. The monoisotopic (exact) mass is 456 g/mol. The van der Waals surface area contributed by atoms with Gasteiger partial charge in [-0.2, -0.15) is 0 Å². The fraction of sp³-hybridized carbons (Fsp3) is 0.190. The van der Waals surface area contributed by atoms with Gasteiger partial charge in [-0.3, -0.25) is 19.7 Å². The number of thiazole rings is 1. The summed E-state index contributed by atoms with van der Waals surface area (Å²) in [6, 6.07) is 11.1. The molecule has 10 nitrogen and oxygen atoms in total. The number of anilines is 1. The van der Waals surface area contributed by atoms with Crippen molar-refractivity contribution in [2.75, 3.05) is 26.0 Å². The molecule has 166 valence electrons. The van der Waals surface area contributed by atoms with Crippen LogP contribution in [0.4, 0.5) is 11.4 Å². The molecule has 0 spiro atoms. The van der Waals surface area contributed by atoms with Crippen LogP contribution in [0.15, 0.2) is 53.4 Å². The van der Waals surface area contributed by atoms with Gasteiger partial charge in [-0.05, 0) is 12.1 Å². The summed E-state index contributed by atoms with van der Waals surface area (Å²) in [5, 5.41) is 16.1. The van der Waals surface area contributed by atoms with Crippen LogP contribution in [-0.4, -0.2) is 47.3 Å². The summed E-state index contributed by atoms with van der Waals surface area (Å²) in [6.45, 7) is -0.209. The largest absolute Gasteiger partial charge is 0.493 e. The second kappa shape index (κ2) is 10.4. The Morgan fingerprint density at radius 3 is 2.59 bits per heavy atom. The van der Waals surface area contributed by atoms with Crippen molar-refractivity contribution in [3.63, 3.8) is 0 Å². The molecule has 0 aliphatic carbocycles. The fourth-order valence-electron chi connectivity index (χ4n) is 2.82. The molecular weight excluding hydrogens is 436 g/mol. The molecule has 0 aliphatic heterocycles. The van der Waals surface area contributed by atoms with Crippen molar-refractivity contribution in [1.29, 1.82) is 0 Å². The highest BCUT2D eigenvalue weighted by molar-refractivity contribution is 7.07. The number of hydrogen-bond donors (Lipinski definition) is 1. The summed E-state index contributed by atoms with van der Waals surface area (Å²) in [5.74, 6) is -0.890. The van der Waals surface area contributed by atoms with Crippen LogP contribution < -0.4 is 14.8 Å². The number of para-hydroxylation sites is 1. The van der Waals surface area contributed by atoms with E-state index in [1.54, 1.807) is 35.2 Å². The third-order valence-electron chi connectivity index (χ3n) is 4.35. The second-order valence-electron chi connectivity index (χ2n) is 6.62. The van der Waals surface area contributed by atoms with E-state index in [4.69, 9.17) is 9.47 Å². The van der Waals surface area contributed by atoms with Crippen molar-refractivity contribution in [2.24, 2.45) is 0 Å². The summed E-state index contributed by atoms with van der Waals surface area (Å²) < 4.78 is 10.9. The van der Waals surface area contributed by atoms with Crippen LogP contribution in [0, 0.1) is 10.1 Å². The zero-order valence-corrected chi connectivity index (χ0v) is 18.1. The number of amides is 2. The van der Waals surface area contributed by atoms with Gasteiger partial charge in [-0.1, -0.05) is 18.2 Å². The Hall–Kier alpha value is -3.99. The van der Waals surface area contributed by atoms with Gasteiger partial charge in [0, 0.05) is 24.2 Å². The summed E-state index contributed by atoms with van der Waals surface area (Å²) in [5.41, 5.74) is 2.20. The molecule has 1 heterocycles. The predicted octanol–water partition coefficient (Wildman–Crippen LogP) is 3.35. The van der Waals surface area contributed by atoms with Crippen molar-refractivity contribution in [1.82, 2.24) is 9.88 Å². The molecule has 2 aromatic carbocycles. The van der Waals surface area contributed by atoms with Crippen LogP contribution in [0.1, 0.15) is 16.1 Å². The smallest absolute Gasteiger partial charge is 0.286 e. The minimum Gasteiger partial charge on any atom is -0.493 e. The van der Waals surface area contributed by atoms with Crippen LogP contribution in [0.5, 0.6) is 11.5 Å². The molecule has 0 saturated carbocycles. The third kappa shape index (κ3) is 5.58. The number of nitrogens with zero attached hydrogens (tertiary/aromatic N) is 3. The molecule has 0 unspecified atom stereocenters. The lowest BCUT2D eigenvalue weighted by Crippen LogP contribution is -2.35. The molecule has 0 atom stereocenters. The quantitative estimate of drug-likeness (QED) is 0.387. The number of nitrogens with one attached hydrogen (secondary N) is 1. The van der Waals surface area contributed by atoms with Crippen LogP contribution in [0.3, 0.4) is 0 Å². The number of benzene rings is 2. The normalized spacial score (nSPS) is 10.3. The third-order valence-corrected chi connectivity index (χ3v) is 4.99. The Balaban J connectivity index is 1.79. The Morgan fingerprint density at radius 1 is 1.22 bits per heavy atom. The van der Waals surface area contributed by atoms with Crippen molar-refractivity contribution in [3.05, 3.63) is 74.7 Å². The molecule has 32 heavy (non-hydrogen) atoms. The van der Waals surface area contributed by atoms with Gasteiger partial charge >= 0.3 is 0 Å². The van der Waals surface area contributed by atoms with E-state index in [1.807, 2.05) is 6.07 Å². The lowest BCUT2D eigenvalue weighted by atomic mass is 10.1. The molecule has 1 N–H and O–H groups in total. The molecule has 0 radical (unpaired) electrons. The Kier molecular flexibility index (Phi) is 7.34. The molecule has 0 fully saturated rings. The van der Waals surface area contributed by atoms with Crippen molar-refractivity contribution in [2.45, 2.75) is 6.61 Å². The molecule has 3 aromatic rings. The first kappa shape index (κ1) is 22.7. The van der Waals surface area contributed by atoms with Crippen LogP contribution in [-0.2, 0) is 11.4 Å². The van der Waals surface area contributed by atoms with Gasteiger partial charge in [0.15, 0.2) is 11.5 Å². The highest BCUT2D eigenvalue weighted by atomic mass is 32.1. The van der Waals surface area contributed by atoms with Crippen LogP contribution in [0.25, 0.3) is 0 Å².